The van der Waals surface area contributed by atoms with Crippen molar-refractivity contribution in [3.05, 3.63) is 21.9 Å². The summed E-state index contributed by atoms with van der Waals surface area (Å²) in [5, 5.41) is 8.70. The van der Waals surface area contributed by atoms with Gasteiger partial charge in [-0.15, -0.1) is 11.3 Å². The summed E-state index contributed by atoms with van der Waals surface area (Å²) in [7, 11) is 0. The van der Waals surface area contributed by atoms with Crippen molar-refractivity contribution in [2.75, 3.05) is 19.7 Å². The minimum atomic E-state index is 0.0840. The summed E-state index contributed by atoms with van der Waals surface area (Å²) in [6.07, 6.45) is 4.39. The van der Waals surface area contributed by atoms with E-state index < -0.39 is 0 Å². The van der Waals surface area contributed by atoms with Crippen LogP contribution in [-0.2, 0) is 0 Å². The summed E-state index contributed by atoms with van der Waals surface area (Å²) in [4.78, 5) is 16.2. The lowest BCUT2D eigenvalue weighted by Gasteiger charge is -2.15. The molecule has 1 aliphatic heterocycles. The molecule has 0 radical (unpaired) electrons. The average molecular weight is 289 g/mol. The van der Waals surface area contributed by atoms with Gasteiger partial charge in [-0.05, 0) is 36.8 Å². The third-order valence-corrected chi connectivity index (χ3v) is 5.27. The molecule has 3 nitrogen and oxygen atoms in total. The first-order valence-electron chi connectivity index (χ1n) is 7.27. The molecular weight excluding hydrogens is 270 g/mol. The Balaban J connectivity index is 1.65. The summed E-state index contributed by atoms with van der Waals surface area (Å²) in [6, 6.07) is 3.78. The molecule has 1 amide bonds. The van der Waals surface area contributed by atoms with Gasteiger partial charge in [-0.2, -0.15) is 0 Å². The fraction of sp³-hybridized carbons (Fsp3) is 0.562. The summed E-state index contributed by atoms with van der Waals surface area (Å²) in [5.41, 5.74) is 0. The van der Waals surface area contributed by atoms with Crippen molar-refractivity contribution in [3.8, 4) is 11.8 Å². The van der Waals surface area contributed by atoms with Gasteiger partial charge >= 0.3 is 0 Å². The molecule has 1 aromatic heterocycles. The number of thiophene rings is 1. The summed E-state index contributed by atoms with van der Waals surface area (Å²) in [6.45, 7) is 1.96. The van der Waals surface area contributed by atoms with Gasteiger partial charge < -0.3 is 10.0 Å². The smallest absolute Gasteiger partial charge is 0.263 e. The maximum absolute atomic E-state index is 12.5. The first-order chi connectivity index (χ1) is 9.78. The van der Waals surface area contributed by atoms with Crippen molar-refractivity contribution in [3.63, 3.8) is 0 Å². The first kappa shape index (κ1) is 13.7. The number of nitrogens with zero attached hydrogens (tertiary/aromatic N) is 1. The Bertz CT molecular complexity index is 542. The van der Waals surface area contributed by atoms with Crippen LogP contribution in [0.4, 0.5) is 0 Å². The van der Waals surface area contributed by atoms with E-state index in [0.717, 1.165) is 34.7 Å². The highest BCUT2D eigenvalue weighted by Gasteiger charge is 2.38. The molecule has 3 rings (SSSR count). The number of rotatable bonds is 2. The number of likely N-dealkylation sites (tertiary alicyclic amines) is 1. The van der Waals surface area contributed by atoms with Crippen LogP contribution in [0.2, 0.25) is 0 Å². The molecular formula is C16H19NO2S. The van der Waals surface area contributed by atoms with Gasteiger partial charge in [-0.1, -0.05) is 18.3 Å². The van der Waals surface area contributed by atoms with E-state index in [1.165, 1.54) is 30.6 Å². The molecule has 1 N–H and O–H groups in total. The van der Waals surface area contributed by atoms with E-state index in [2.05, 4.69) is 11.8 Å². The van der Waals surface area contributed by atoms with Gasteiger partial charge in [0.1, 0.15) is 0 Å². The highest BCUT2D eigenvalue weighted by atomic mass is 32.1. The lowest BCUT2D eigenvalue weighted by Crippen LogP contribution is -2.28. The lowest BCUT2D eigenvalue weighted by atomic mass is 10.0. The molecule has 2 fully saturated rings. The standard InChI is InChI=1S/C16H19NO2S/c18-9-2-1-6-14-7-8-15(20-14)16(19)17-10-12-4-3-5-13(12)11-17/h7-8,12-13,18H,2-5,9-11H2. The minimum Gasteiger partial charge on any atom is -0.395 e. The van der Waals surface area contributed by atoms with E-state index in [4.69, 9.17) is 5.11 Å². The number of aliphatic hydroxyl groups excluding tert-OH is 1. The molecule has 0 aromatic carbocycles. The molecule has 2 unspecified atom stereocenters. The van der Waals surface area contributed by atoms with Gasteiger partial charge in [0, 0.05) is 19.5 Å². The van der Waals surface area contributed by atoms with Crippen molar-refractivity contribution in [1.82, 2.24) is 4.90 Å². The average Bonchev–Trinajstić information content (AvgIpc) is 3.13. The van der Waals surface area contributed by atoms with Crippen LogP contribution >= 0.6 is 11.3 Å². The van der Waals surface area contributed by atoms with Gasteiger partial charge in [-0.25, -0.2) is 0 Å². The number of fused-ring (bicyclic) bond motifs is 1. The predicted octanol–water partition coefficient (Wildman–Crippen LogP) is 2.35. The van der Waals surface area contributed by atoms with E-state index in [9.17, 15) is 4.79 Å². The number of amides is 1. The van der Waals surface area contributed by atoms with Crippen LogP contribution in [0.3, 0.4) is 0 Å². The van der Waals surface area contributed by atoms with Crippen molar-refractivity contribution in [2.45, 2.75) is 25.7 Å². The molecule has 0 spiro atoms. The molecule has 1 saturated carbocycles. The highest BCUT2D eigenvalue weighted by Crippen LogP contribution is 2.38. The van der Waals surface area contributed by atoms with Gasteiger partial charge in [0.15, 0.2) is 0 Å². The van der Waals surface area contributed by atoms with Crippen molar-refractivity contribution >= 4 is 17.2 Å². The Kier molecular flexibility index (Phi) is 4.09. The molecule has 1 saturated heterocycles. The molecule has 1 aliphatic carbocycles. The molecule has 106 valence electrons. The van der Waals surface area contributed by atoms with Gasteiger partial charge in [0.05, 0.1) is 16.4 Å². The third-order valence-electron chi connectivity index (χ3n) is 4.28. The Morgan fingerprint density at radius 3 is 2.80 bits per heavy atom. The van der Waals surface area contributed by atoms with E-state index in [-0.39, 0.29) is 12.5 Å². The van der Waals surface area contributed by atoms with Crippen LogP contribution in [0.5, 0.6) is 0 Å². The molecule has 2 atom stereocenters. The molecule has 1 aromatic rings. The highest BCUT2D eigenvalue weighted by molar-refractivity contribution is 7.14. The lowest BCUT2D eigenvalue weighted by molar-refractivity contribution is 0.0785. The van der Waals surface area contributed by atoms with Crippen LogP contribution in [0.1, 0.15) is 40.2 Å². The first-order valence-corrected chi connectivity index (χ1v) is 8.08. The summed E-state index contributed by atoms with van der Waals surface area (Å²) >= 11 is 1.46. The van der Waals surface area contributed by atoms with Gasteiger partial charge in [0.2, 0.25) is 0 Å². The third kappa shape index (κ3) is 2.74. The van der Waals surface area contributed by atoms with Crippen LogP contribution in [-0.4, -0.2) is 35.6 Å². The second-order valence-electron chi connectivity index (χ2n) is 5.60. The topological polar surface area (TPSA) is 40.5 Å². The SMILES string of the molecule is O=C(c1ccc(C#CCCO)s1)N1CC2CCCC2C1. The number of hydrogen-bond acceptors (Lipinski definition) is 3. The van der Waals surface area contributed by atoms with Gasteiger partial charge in [0.25, 0.3) is 5.91 Å². The predicted molar refractivity (Wildman–Crippen MR) is 79.6 cm³/mol. The van der Waals surface area contributed by atoms with Crippen molar-refractivity contribution in [1.29, 1.82) is 0 Å². The van der Waals surface area contributed by atoms with Crippen LogP contribution in [0, 0.1) is 23.7 Å². The Hall–Kier alpha value is -1.31. The summed E-state index contributed by atoms with van der Waals surface area (Å²) in [5.74, 6) is 7.52. The van der Waals surface area contributed by atoms with E-state index in [0.29, 0.717) is 6.42 Å². The van der Waals surface area contributed by atoms with Crippen molar-refractivity contribution < 1.29 is 9.90 Å². The zero-order valence-electron chi connectivity index (χ0n) is 11.5. The minimum absolute atomic E-state index is 0.0840. The van der Waals surface area contributed by atoms with E-state index in [1.54, 1.807) is 0 Å². The quantitative estimate of drug-likeness (QED) is 0.849. The molecule has 4 heteroatoms. The van der Waals surface area contributed by atoms with Crippen LogP contribution in [0.15, 0.2) is 12.1 Å². The maximum Gasteiger partial charge on any atom is 0.263 e. The molecule has 20 heavy (non-hydrogen) atoms. The number of carbonyl (C=O) groups is 1. The molecule has 0 bridgehead atoms. The fourth-order valence-electron chi connectivity index (χ4n) is 3.28. The Morgan fingerprint density at radius 1 is 1.35 bits per heavy atom. The molecule has 2 aliphatic rings. The second-order valence-corrected chi connectivity index (χ2v) is 6.68. The zero-order valence-corrected chi connectivity index (χ0v) is 12.3. The van der Waals surface area contributed by atoms with E-state index in [1.807, 2.05) is 17.0 Å². The maximum atomic E-state index is 12.5. The van der Waals surface area contributed by atoms with E-state index >= 15 is 0 Å². The largest absolute Gasteiger partial charge is 0.395 e. The number of aliphatic hydroxyl groups is 1. The monoisotopic (exact) mass is 289 g/mol. The normalized spacial score (nSPS) is 24.4. The number of carbonyl (C=O) groups excluding carboxylic acids is 1. The molecule has 2 heterocycles. The van der Waals surface area contributed by atoms with Crippen LogP contribution in [0.25, 0.3) is 0 Å². The Morgan fingerprint density at radius 2 is 2.10 bits per heavy atom. The van der Waals surface area contributed by atoms with Crippen LogP contribution < -0.4 is 0 Å². The Labute approximate surface area is 123 Å². The summed E-state index contributed by atoms with van der Waals surface area (Å²) < 4.78 is 0. The van der Waals surface area contributed by atoms with Crippen molar-refractivity contribution in [2.24, 2.45) is 11.8 Å². The van der Waals surface area contributed by atoms with Gasteiger partial charge in [-0.3, -0.25) is 4.79 Å². The number of hydrogen-bond donors (Lipinski definition) is 1. The zero-order chi connectivity index (χ0) is 13.9. The second kappa shape index (κ2) is 5.99. The fourth-order valence-corrected chi connectivity index (χ4v) is 4.13.